The molecule has 26 heavy (non-hydrogen) atoms. The molecular formula is C18H19F3N2O3. The molecular weight excluding hydrogens is 349 g/mol. The zero-order valence-electron chi connectivity index (χ0n) is 14.3. The molecule has 0 aliphatic rings. The van der Waals surface area contributed by atoms with Gasteiger partial charge in [0.05, 0.1) is 7.11 Å². The number of rotatable bonds is 6. The van der Waals surface area contributed by atoms with Crippen LogP contribution in [0.15, 0.2) is 36.4 Å². The third-order valence-corrected chi connectivity index (χ3v) is 3.58. The molecule has 0 saturated heterocycles. The highest BCUT2D eigenvalue weighted by atomic mass is 19.4. The summed E-state index contributed by atoms with van der Waals surface area (Å²) in [7, 11) is 1.33. The van der Waals surface area contributed by atoms with Crippen LogP contribution in [0.4, 0.5) is 18.9 Å². The van der Waals surface area contributed by atoms with Crippen molar-refractivity contribution in [3.8, 4) is 11.5 Å². The number of amides is 1. The van der Waals surface area contributed by atoms with Gasteiger partial charge in [-0.3, -0.25) is 4.79 Å². The van der Waals surface area contributed by atoms with E-state index in [0.717, 1.165) is 5.56 Å². The molecule has 8 heteroatoms. The van der Waals surface area contributed by atoms with Crippen molar-refractivity contribution < 1.29 is 27.4 Å². The van der Waals surface area contributed by atoms with E-state index >= 15 is 0 Å². The predicted molar refractivity (Wildman–Crippen MR) is 91.3 cm³/mol. The van der Waals surface area contributed by atoms with E-state index in [1.807, 2.05) is 0 Å². The maximum Gasteiger partial charge on any atom is 0.422 e. The topological polar surface area (TPSA) is 73.6 Å². The van der Waals surface area contributed by atoms with Gasteiger partial charge >= 0.3 is 6.18 Å². The first-order valence-corrected chi connectivity index (χ1v) is 7.70. The van der Waals surface area contributed by atoms with E-state index in [1.165, 1.54) is 19.2 Å². The van der Waals surface area contributed by atoms with Crippen LogP contribution in [0.1, 0.15) is 21.5 Å². The zero-order chi connectivity index (χ0) is 19.3. The number of anilines is 1. The molecule has 0 saturated carbocycles. The number of methoxy groups -OCH3 is 1. The smallest absolute Gasteiger partial charge is 0.422 e. The normalized spacial score (nSPS) is 11.1. The molecule has 0 aromatic heterocycles. The molecule has 0 radical (unpaired) electrons. The van der Waals surface area contributed by atoms with Gasteiger partial charge in [-0.1, -0.05) is 12.1 Å². The second kappa shape index (κ2) is 7.99. The number of aryl methyl sites for hydroxylation is 1. The van der Waals surface area contributed by atoms with Crippen molar-refractivity contribution >= 4 is 11.6 Å². The fraction of sp³-hybridized carbons (Fsp3) is 0.278. The summed E-state index contributed by atoms with van der Waals surface area (Å²) in [5.74, 6) is -0.168. The van der Waals surface area contributed by atoms with Gasteiger partial charge in [0.25, 0.3) is 5.91 Å². The van der Waals surface area contributed by atoms with E-state index in [2.05, 4.69) is 5.32 Å². The maximum absolute atomic E-state index is 12.3. The Balaban J connectivity index is 2.05. The fourth-order valence-corrected chi connectivity index (χ4v) is 2.26. The number of benzene rings is 2. The molecule has 1 amide bonds. The minimum absolute atomic E-state index is 0.0217. The van der Waals surface area contributed by atoms with Gasteiger partial charge < -0.3 is 20.5 Å². The maximum atomic E-state index is 12.3. The average molecular weight is 368 g/mol. The summed E-state index contributed by atoms with van der Waals surface area (Å²) in [5, 5.41) is 2.74. The van der Waals surface area contributed by atoms with Crippen molar-refractivity contribution in [3.63, 3.8) is 0 Å². The molecule has 5 nitrogen and oxygen atoms in total. The Bertz CT molecular complexity index is 792. The Kier molecular flexibility index (Phi) is 5.97. The van der Waals surface area contributed by atoms with Gasteiger partial charge in [0.1, 0.15) is 0 Å². The minimum Gasteiger partial charge on any atom is -0.493 e. The van der Waals surface area contributed by atoms with Crippen molar-refractivity contribution in [2.24, 2.45) is 0 Å². The lowest BCUT2D eigenvalue weighted by Crippen LogP contribution is -2.24. The first-order valence-electron chi connectivity index (χ1n) is 7.70. The van der Waals surface area contributed by atoms with E-state index in [9.17, 15) is 18.0 Å². The number of ether oxygens (including phenoxy) is 2. The van der Waals surface area contributed by atoms with E-state index in [0.29, 0.717) is 16.8 Å². The van der Waals surface area contributed by atoms with E-state index < -0.39 is 12.8 Å². The van der Waals surface area contributed by atoms with E-state index in [-0.39, 0.29) is 24.0 Å². The lowest BCUT2D eigenvalue weighted by Gasteiger charge is -2.14. The third-order valence-electron chi connectivity index (χ3n) is 3.58. The zero-order valence-corrected chi connectivity index (χ0v) is 14.3. The van der Waals surface area contributed by atoms with Crippen LogP contribution in [0.5, 0.6) is 11.5 Å². The van der Waals surface area contributed by atoms with Crippen molar-refractivity contribution in [2.75, 3.05) is 19.5 Å². The molecule has 2 rings (SSSR count). The van der Waals surface area contributed by atoms with Gasteiger partial charge in [-0.2, -0.15) is 13.2 Å². The van der Waals surface area contributed by atoms with Gasteiger partial charge in [-0.05, 0) is 42.3 Å². The average Bonchev–Trinajstić information content (AvgIpc) is 2.59. The fourth-order valence-electron chi connectivity index (χ4n) is 2.26. The Hall–Kier alpha value is -2.90. The largest absolute Gasteiger partial charge is 0.493 e. The van der Waals surface area contributed by atoms with Crippen LogP contribution < -0.4 is 20.5 Å². The molecule has 0 fully saturated rings. The van der Waals surface area contributed by atoms with Gasteiger partial charge in [0.15, 0.2) is 18.1 Å². The Morgan fingerprint density at radius 3 is 2.54 bits per heavy atom. The summed E-state index contributed by atoms with van der Waals surface area (Å²) in [6, 6.07) is 9.48. The number of halogens is 3. The van der Waals surface area contributed by atoms with Crippen LogP contribution in [0.3, 0.4) is 0 Å². The second-order valence-electron chi connectivity index (χ2n) is 5.65. The summed E-state index contributed by atoms with van der Waals surface area (Å²) < 4.78 is 46.6. The predicted octanol–water partition coefficient (Wildman–Crippen LogP) is 3.46. The lowest BCUT2D eigenvalue weighted by molar-refractivity contribution is -0.153. The number of nitrogen functional groups attached to an aromatic ring is 1. The van der Waals surface area contributed by atoms with Crippen molar-refractivity contribution in [1.82, 2.24) is 5.32 Å². The molecule has 0 spiro atoms. The third kappa shape index (κ3) is 5.30. The van der Waals surface area contributed by atoms with Crippen LogP contribution in [0, 0.1) is 6.92 Å². The molecule has 2 aromatic rings. The van der Waals surface area contributed by atoms with Crippen LogP contribution in [0.25, 0.3) is 0 Å². The summed E-state index contributed by atoms with van der Waals surface area (Å²) in [6.07, 6.45) is -4.44. The Morgan fingerprint density at radius 1 is 1.15 bits per heavy atom. The highest BCUT2D eigenvalue weighted by Gasteiger charge is 2.29. The molecule has 0 aliphatic carbocycles. The summed E-state index contributed by atoms with van der Waals surface area (Å²) in [6.45, 7) is 0.557. The van der Waals surface area contributed by atoms with Crippen molar-refractivity contribution in [1.29, 1.82) is 0 Å². The Morgan fingerprint density at radius 2 is 1.88 bits per heavy atom. The van der Waals surface area contributed by atoms with Crippen LogP contribution >= 0.6 is 0 Å². The van der Waals surface area contributed by atoms with Crippen molar-refractivity contribution in [3.05, 3.63) is 53.1 Å². The number of carbonyl (C=O) groups is 1. The molecule has 0 atom stereocenters. The first-order chi connectivity index (χ1) is 12.2. The monoisotopic (exact) mass is 368 g/mol. The van der Waals surface area contributed by atoms with Gasteiger partial charge in [0.2, 0.25) is 0 Å². The molecule has 0 heterocycles. The number of carbonyl (C=O) groups excluding carboxylic acids is 1. The minimum atomic E-state index is -4.44. The van der Waals surface area contributed by atoms with Gasteiger partial charge in [0, 0.05) is 17.8 Å². The van der Waals surface area contributed by atoms with Crippen molar-refractivity contribution in [2.45, 2.75) is 19.6 Å². The number of hydrogen-bond acceptors (Lipinski definition) is 4. The number of hydrogen-bond donors (Lipinski definition) is 2. The van der Waals surface area contributed by atoms with E-state index in [4.69, 9.17) is 15.2 Å². The Labute approximate surface area is 148 Å². The van der Waals surface area contributed by atoms with Crippen LogP contribution in [-0.2, 0) is 6.54 Å². The lowest BCUT2D eigenvalue weighted by atomic mass is 10.1. The van der Waals surface area contributed by atoms with E-state index in [1.54, 1.807) is 31.2 Å². The van der Waals surface area contributed by atoms with Crippen LogP contribution in [-0.4, -0.2) is 25.8 Å². The second-order valence-corrected chi connectivity index (χ2v) is 5.65. The molecule has 2 aromatic carbocycles. The first kappa shape index (κ1) is 19.4. The highest BCUT2D eigenvalue weighted by molar-refractivity contribution is 5.96. The molecule has 140 valence electrons. The molecule has 0 aliphatic heterocycles. The number of nitrogens with two attached hydrogens (primary N) is 1. The molecule has 0 unspecified atom stereocenters. The molecule has 3 N–H and O–H groups in total. The highest BCUT2D eigenvalue weighted by Crippen LogP contribution is 2.29. The number of alkyl halides is 3. The summed E-state index contributed by atoms with van der Waals surface area (Å²) >= 11 is 0. The van der Waals surface area contributed by atoms with Crippen LogP contribution in [0.2, 0.25) is 0 Å². The molecule has 0 bridgehead atoms. The quantitative estimate of drug-likeness (QED) is 0.766. The standard InChI is InChI=1S/C18H19F3N2O3/c1-11-3-5-13(22)8-14(11)17(24)23-9-12-4-6-15(16(7-12)25-2)26-10-18(19,20)21/h3-8H,9-10,22H2,1-2H3,(H,23,24). The number of nitrogens with one attached hydrogen (secondary N) is 1. The van der Waals surface area contributed by atoms with Gasteiger partial charge in [-0.25, -0.2) is 0 Å². The summed E-state index contributed by atoms with van der Waals surface area (Å²) in [5.41, 5.74) is 8.07. The SMILES string of the molecule is COc1cc(CNC(=O)c2cc(N)ccc2C)ccc1OCC(F)(F)F. The summed E-state index contributed by atoms with van der Waals surface area (Å²) in [4.78, 5) is 12.3. The van der Waals surface area contributed by atoms with Gasteiger partial charge in [-0.15, -0.1) is 0 Å².